The number of nitro benzene ring substituents is 1. The first-order valence-electron chi connectivity index (χ1n) is 6.51. The van der Waals surface area contributed by atoms with Crippen LogP contribution in [0.25, 0.3) is 0 Å². The lowest BCUT2D eigenvalue weighted by Gasteiger charge is -2.15. The minimum Gasteiger partial charge on any atom is -0.872 e. The van der Waals surface area contributed by atoms with Crippen molar-refractivity contribution in [2.75, 3.05) is 5.32 Å². The van der Waals surface area contributed by atoms with Gasteiger partial charge in [0, 0.05) is 24.4 Å². The minimum absolute atomic E-state index is 0.117. The molecule has 0 aliphatic rings. The third-order valence-corrected chi connectivity index (χ3v) is 3.25. The second kappa shape index (κ2) is 6.86. The predicted molar refractivity (Wildman–Crippen MR) is 86.8 cm³/mol. The molecule has 2 aromatic carbocycles. The average molecular weight is 316 g/mol. The van der Waals surface area contributed by atoms with Crippen molar-refractivity contribution in [2.45, 2.75) is 13.5 Å². The number of aryl methyl sites for hydroxylation is 1. The van der Waals surface area contributed by atoms with Gasteiger partial charge < -0.3 is 15.7 Å². The van der Waals surface area contributed by atoms with Crippen molar-refractivity contribution in [1.82, 2.24) is 5.32 Å². The molecule has 0 bridgehead atoms. The SMILES string of the molecule is Cc1ccc(NC(=S)NCc2cc([N+](=O)[O-])ccc2[O-])cc1. The lowest BCUT2D eigenvalue weighted by atomic mass is 10.2. The highest BCUT2D eigenvalue weighted by Gasteiger charge is 2.07. The summed E-state index contributed by atoms with van der Waals surface area (Å²) in [4.78, 5) is 10.2. The monoisotopic (exact) mass is 316 g/mol. The molecule has 2 rings (SSSR count). The van der Waals surface area contributed by atoms with Crippen LogP contribution in [-0.4, -0.2) is 10.0 Å². The summed E-state index contributed by atoms with van der Waals surface area (Å²) in [6, 6.07) is 11.3. The molecule has 0 radical (unpaired) electrons. The van der Waals surface area contributed by atoms with E-state index in [1.54, 1.807) is 0 Å². The number of non-ortho nitro benzene ring substituents is 1. The molecule has 22 heavy (non-hydrogen) atoms. The Morgan fingerprint density at radius 3 is 2.55 bits per heavy atom. The first-order chi connectivity index (χ1) is 10.5. The van der Waals surface area contributed by atoms with Crippen LogP contribution in [0.15, 0.2) is 42.5 Å². The van der Waals surface area contributed by atoms with Gasteiger partial charge in [-0.25, -0.2) is 0 Å². The van der Waals surface area contributed by atoms with E-state index >= 15 is 0 Å². The maximum absolute atomic E-state index is 11.7. The maximum Gasteiger partial charge on any atom is 0.269 e. The van der Waals surface area contributed by atoms with E-state index in [-0.39, 0.29) is 18.0 Å². The largest absolute Gasteiger partial charge is 0.872 e. The zero-order chi connectivity index (χ0) is 16.1. The van der Waals surface area contributed by atoms with Crippen molar-refractivity contribution in [3.8, 4) is 5.75 Å². The maximum atomic E-state index is 11.7. The second-order valence-electron chi connectivity index (χ2n) is 4.72. The molecule has 0 aromatic heterocycles. The number of benzene rings is 2. The summed E-state index contributed by atoms with van der Waals surface area (Å²) in [6.45, 7) is 2.11. The summed E-state index contributed by atoms with van der Waals surface area (Å²) in [5, 5.41) is 28.6. The molecule has 0 aliphatic heterocycles. The molecule has 2 aromatic rings. The molecule has 0 fully saturated rings. The van der Waals surface area contributed by atoms with Gasteiger partial charge in [-0.05, 0) is 36.8 Å². The van der Waals surface area contributed by atoms with Crippen molar-refractivity contribution in [2.24, 2.45) is 0 Å². The number of hydrogen-bond donors (Lipinski definition) is 2. The van der Waals surface area contributed by atoms with Crippen LogP contribution in [0.4, 0.5) is 11.4 Å². The summed E-state index contributed by atoms with van der Waals surface area (Å²) in [5.74, 6) is -0.267. The third kappa shape index (κ3) is 4.16. The van der Waals surface area contributed by atoms with E-state index in [0.717, 1.165) is 11.3 Å². The summed E-state index contributed by atoms with van der Waals surface area (Å²) in [7, 11) is 0. The molecule has 0 unspecified atom stereocenters. The molecule has 6 nitrogen and oxygen atoms in total. The van der Waals surface area contributed by atoms with E-state index < -0.39 is 4.92 Å². The molecule has 0 atom stereocenters. The number of anilines is 1. The molecule has 0 aliphatic carbocycles. The van der Waals surface area contributed by atoms with Crippen molar-refractivity contribution >= 4 is 28.7 Å². The Kier molecular flexibility index (Phi) is 4.90. The molecular formula is C15H14N3O3S-. The normalized spacial score (nSPS) is 10.0. The smallest absolute Gasteiger partial charge is 0.269 e. The van der Waals surface area contributed by atoms with Crippen LogP contribution in [-0.2, 0) is 6.54 Å². The number of nitro groups is 1. The molecule has 2 N–H and O–H groups in total. The molecular weight excluding hydrogens is 302 g/mol. The van der Waals surface area contributed by atoms with Crippen LogP contribution in [0.5, 0.6) is 5.75 Å². The Balaban J connectivity index is 1.97. The van der Waals surface area contributed by atoms with E-state index in [0.29, 0.717) is 10.7 Å². The fourth-order valence-electron chi connectivity index (χ4n) is 1.81. The molecule has 0 spiro atoms. The first-order valence-corrected chi connectivity index (χ1v) is 6.92. The van der Waals surface area contributed by atoms with Crippen LogP contribution >= 0.6 is 12.2 Å². The first kappa shape index (κ1) is 15.7. The molecule has 0 saturated carbocycles. The molecule has 114 valence electrons. The van der Waals surface area contributed by atoms with Crippen molar-refractivity contribution in [3.63, 3.8) is 0 Å². The van der Waals surface area contributed by atoms with Crippen LogP contribution < -0.4 is 15.7 Å². The van der Waals surface area contributed by atoms with Gasteiger partial charge in [0.1, 0.15) is 0 Å². The summed E-state index contributed by atoms with van der Waals surface area (Å²) in [5.41, 5.74) is 2.14. The van der Waals surface area contributed by atoms with Gasteiger partial charge in [0.15, 0.2) is 5.11 Å². The lowest BCUT2D eigenvalue weighted by Crippen LogP contribution is -2.28. The highest BCUT2D eigenvalue weighted by atomic mass is 32.1. The van der Waals surface area contributed by atoms with Gasteiger partial charge in [-0.2, -0.15) is 0 Å². The number of rotatable bonds is 4. The Hall–Kier alpha value is -2.67. The number of thiocarbonyl (C=S) groups is 1. The topological polar surface area (TPSA) is 90.3 Å². The summed E-state index contributed by atoms with van der Waals surface area (Å²) < 4.78 is 0. The van der Waals surface area contributed by atoms with E-state index in [1.165, 1.54) is 18.2 Å². The Labute approximate surface area is 132 Å². The second-order valence-corrected chi connectivity index (χ2v) is 5.13. The fourth-order valence-corrected chi connectivity index (χ4v) is 2.00. The number of hydrogen-bond acceptors (Lipinski definition) is 4. The van der Waals surface area contributed by atoms with Gasteiger partial charge in [-0.3, -0.25) is 10.1 Å². The Bertz CT molecular complexity index is 702. The lowest BCUT2D eigenvalue weighted by molar-refractivity contribution is -0.385. The van der Waals surface area contributed by atoms with Crippen molar-refractivity contribution in [3.05, 3.63) is 63.7 Å². The molecule has 0 saturated heterocycles. The van der Waals surface area contributed by atoms with Gasteiger partial charge in [0.2, 0.25) is 0 Å². The van der Waals surface area contributed by atoms with Crippen LogP contribution in [0, 0.1) is 17.0 Å². The highest BCUT2D eigenvalue weighted by molar-refractivity contribution is 7.80. The van der Waals surface area contributed by atoms with E-state index in [9.17, 15) is 15.2 Å². The fraction of sp³-hybridized carbons (Fsp3) is 0.133. The average Bonchev–Trinajstić information content (AvgIpc) is 2.48. The van der Waals surface area contributed by atoms with Gasteiger partial charge >= 0.3 is 0 Å². The molecule has 0 heterocycles. The summed E-state index contributed by atoms with van der Waals surface area (Å²) >= 11 is 5.14. The number of nitrogens with zero attached hydrogens (tertiary/aromatic N) is 1. The van der Waals surface area contributed by atoms with Crippen molar-refractivity contribution < 1.29 is 10.0 Å². The Morgan fingerprint density at radius 2 is 1.91 bits per heavy atom. The van der Waals surface area contributed by atoms with Gasteiger partial charge in [-0.1, -0.05) is 23.8 Å². The highest BCUT2D eigenvalue weighted by Crippen LogP contribution is 2.20. The van der Waals surface area contributed by atoms with Crippen LogP contribution in [0.1, 0.15) is 11.1 Å². The van der Waals surface area contributed by atoms with E-state index in [4.69, 9.17) is 12.2 Å². The number of nitrogens with one attached hydrogen (secondary N) is 2. The standard InChI is InChI=1S/C15H15N3O3S/c1-10-2-4-12(5-3-10)17-15(22)16-9-11-8-13(18(20)21)6-7-14(11)19/h2-8,19H,9H2,1H3,(H2,16,17,22)/p-1. The van der Waals surface area contributed by atoms with E-state index in [2.05, 4.69) is 10.6 Å². The van der Waals surface area contributed by atoms with E-state index in [1.807, 2.05) is 31.2 Å². The molecule has 0 amide bonds. The quantitative estimate of drug-likeness (QED) is 0.511. The van der Waals surface area contributed by atoms with Gasteiger partial charge in [0.05, 0.1) is 4.92 Å². The van der Waals surface area contributed by atoms with Crippen LogP contribution in [0.3, 0.4) is 0 Å². The van der Waals surface area contributed by atoms with Gasteiger partial charge in [0.25, 0.3) is 5.69 Å². The Morgan fingerprint density at radius 1 is 1.23 bits per heavy atom. The summed E-state index contributed by atoms with van der Waals surface area (Å²) in [6.07, 6.45) is 0. The van der Waals surface area contributed by atoms with Crippen molar-refractivity contribution in [1.29, 1.82) is 0 Å². The minimum atomic E-state index is -0.536. The molecule has 7 heteroatoms. The third-order valence-electron chi connectivity index (χ3n) is 3.00. The zero-order valence-electron chi connectivity index (χ0n) is 11.8. The zero-order valence-corrected chi connectivity index (χ0v) is 12.6. The van der Waals surface area contributed by atoms with Crippen LogP contribution in [0.2, 0.25) is 0 Å². The predicted octanol–water partition coefficient (Wildman–Crippen LogP) is 2.46. The van der Waals surface area contributed by atoms with Gasteiger partial charge in [-0.15, -0.1) is 5.75 Å².